The molecular formula is C13H16Cl2N2O. The Morgan fingerprint density at radius 2 is 2.17 bits per heavy atom. The molecule has 0 spiro atoms. The molecule has 1 aromatic carbocycles. The van der Waals surface area contributed by atoms with Gasteiger partial charge in [-0.05, 0) is 37.6 Å². The first-order chi connectivity index (χ1) is 8.66. The van der Waals surface area contributed by atoms with Crippen molar-refractivity contribution in [1.82, 2.24) is 10.6 Å². The van der Waals surface area contributed by atoms with E-state index in [1.165, 1.54) is 0 Å². The first kappa shape index (κ1) is 13.7. The lowest BCUT2D eigenvalue weighted by Crippen LogP contribution is -2.40. The van der Waals surface area contributed by atoms with Crippen LogP contribution in [0, 0.1) is 0 Å². The molecule has 1 heterocycles. The molecule has 1 unspecified atom stereocenters. The summed E-state index contributed by atoms with van der Waals surface area (Å²) in [5, 5.41) is 7.25. The molecule has 18 heavy (non-hydrogen) atoms. The van der Waals surface area contributed by atoms with Crippen LogP contribution in [0.1, 0.15) is 29.6 Å². The van der Waals surface area contributed by atoms with Crippen molar-refractivity contribution < 1.29 is 4.79 Å². The van der Waals surface area contributed by atoms with Gasteiger partial charge in [-0.25, -0.2) is 0 Å². The summed E-state index contributed by atoms with van der Waals surface area (Å²) in [6.07, 6.45) is 3.28. The Hall–Kier alpha value is -0.770. The van der Waals surface area contributed by atoms with Gasteiger partial charge in [-0.15, -0.1) is 0 Å². The highest BCUT2D eigenvalue weighted by Gasteiger charge is 2.17. The van der Waals surface area contributed by atoms with Gasteiger partial charge in [0.1, 0.15) is 0 Å². The molecule has 0 radical (unpaired) electrons. The SMILES string of the molecule is O=C(NC1CCCCNC1)c1cc(Cl)ccc1Cl. The van der Waals surface area contributed by atoms with Crippen LogP contribution in [0.3, 0.4) is 0 Å². The van der Waals surface area contributed by atoms with Crippen LogP contribution in [-0.2, 0) is 0 Å². The minimum absolute atomic E-state index is 0.156. The first-order valence-electron chi connectivity index (χ1n) is 6.13. The predicted octanol–water partition coefficient (Wildman–Crippen LogP) is 2.87. The second kappa shape index (κ2) is 6.41. The summed E-state index contributed by atoms with van der Waals surface area (Å²) >= 11 is 11.9. The molecule has 1 aliphatic heterocycles. The van der Waals surface area contributed by atoms with E-state index in [1.54, 1.807) is 18.2 Å². The molecular weight excluding hydrogens is 271 g/mol. The van der Waals surface area contributed by atoms with Crippen LogP contribution >= 0.6 is 23.2 Å². The molecule has 98 valence electrons. The Balaban J connectivity index is 2.04. The van der Waals surface area contributed by atoms with Crippen LogP contribution in [0.2, 0.25) is 10.0 Å². The van der Waals surface area contributed by atoms with Crippen LogP contribution in [0.4, 0.5) is 0 Å². The molecule has 1 saturated heterocycles. The van der Waals surface area contributed by atoms with Gasteiger partial charge < -0.3 is 10.6 Å². The van der Waals surface area contributed by atoms with E-state index in [0.717, 1.165) is 32.4 Å². The molecule has 1 aromatic rings. The highest BCUT2D eigenvalue weighted by molar-refractivity contribution is 6.35. The molecule has 1 atom stereocenters. The molecule has 0 saturated carbocycles. The van der Waals surface area contributed by atoms with E-state index < -0.39 is 0 Å². The van der Waals surface area contributed by atoms with Gasteiger partial charge in [0.25, 0.3) is 5.91 Å². The average Bonchev–Trinajstić information content (AvgIpc) is 2.61. The summed E-state index contributed by atoms with van der Waals surface area (Å²) in [5.41, 5.74) is 0.438. The molecule has 0 aromatic heterocycles. The Kier molecular flexibility index (Phi) is 4.87. The number of carbonyl (C=O) groups excluding carboxylic acids is 1. The molecule has 2 N–H and O–H groups in total. The molecule has 1 fully saturated rings. The van der Waals surface area contributed by atoms with Gasteiger partial charge in [-0.2, -0.15) is 0 Å². The zero-order chi connectivity index (χ0) is 13.0. The molecule has 0 aliphatic carbocycles. The molecule has 1 amide bonds. The van der Waals surface area contributed by atoms with E-state index in [-0.39, 0.29) is 11.9 Å². The summed E-state index contributed by atoms with van der Waals surface area (Å²) in [6, 6.07) is 5.08. The van der Waals surface area contributed by atoms with Gasteiger partial charge in [0, 0.05) is 17.6 Å². The van der Waals surface area contributed by atoms with Gasteiger partial charge in [0.2, 0.25) is 0 Å². The van der Waals surface area contributed by atoms with Gasteiger partial charge in [-0.1, -0.05) is 29.6 Å². The van der Waals surface area contributed by atoms with Crippen LogP contribution in [0.15, 0.2) is 18.2 Å². The Bertz CT molecular complexity index is 429. The van der Waals surface area contributed by atoms with Gasteiger partial charge >= 0.3 is 0 Å². The number of rotatable bonds is 2. The molecule has 3 nitrogen and oxygen atoms in total. The van der Waals surface area contributed by atoms with Crippen LogP contribution < -0.4 is 10.6 Å². The number of halogens is 2. The lowest BCUT2D eigenvalue weighted by atomic mass is 10.1. The van der Waals surface area contributed by atoms with Crippen molar-refractivity contribution in [3.05, 3.63) is 33.8 Å². The van der Waals surface area contributed by atoms with Crippen LogP contribution in [0.5, 0.6) is 0 Å². The average molecular weight is 287 g/mol. The Morgan fingerprint density at radius 3 is 3.00 bits per heavy atom. The fourth-order valence-electron chi connectivity index (χ4n) is 2.08. The number of hydrogen-bond acceptors (Lipinski definition) is 2. The maximum atomic E-state index is 12.1. The van der Waals surface area contributed by atoms with Crippen LogP contribution in [-0.4, -0.2) is 25.0 Å². The van der Waals surface area contributed by atoms with Gasteiger partial charge in [0.15, 0.2) is 0 Å². The van der Waals surface area contributed by atoms with E-state index in [2.05, 4.69) is 10.6 Å². The van der Waals surface area contributed by atoms with Crippen molar-refractivity contribution in [2.75, 3.05) is 13.1 Å². The zero-order valence-electron chi connectivity index (χ0n) is 10.0. The lowest BCUT2D eigenvalue weighted by Gasteiger charge is -2.17. The maximum Gasteiger partial charge on any atom is 0.253 e. The highest BCUT2D eigenvalue weighted by atomic mass is 35.5. The topological polar surface area (TPSA) is 41.1 Å². The monoisotopic (exact) mass is 286 g/mol. The highest BCUT2D eigenvalue weighted by Crippen LogP contribution is 2.20. The molecule has 1 aliphatic rings. The lowest BCUT2D eigenvalue weighted by molar-refractivity contribution is 0.0935. The van der Waals surface area contributed by atoms with Crippen molar-refractivity contribution in [3.63, 3.8) is 0 Å². The zero-order valence-corrected chi connectivity index (χ0v) is 11.5. The molecule has 5 heteroatoms. The Labute approximate surface area is 117 Å². The molecule has 0 bridgehead atoms. The third kappa shape index (κ3) is 3.61. The predicted molar refractivity (Wildman–Crippen MR) is 74.4 cm³/mol. The van der Waals surface area contributed by atoms with Crippen molar-refractivity contribution in [2.45, 2.75) is 25.3 Å². The van der Waals surface area contributed by atoms with E-state index in [4.69, 9.17) is 23.2 Å². The minimum atomic E-state index is -0.156. The number of hydrogen-bond donors (Lipinski definition) is 2. The largest absolute Gasteiger partial charge is 0.348 e. The van der Waals surface area contributed by atoms with Crippen molar-refractivity contribution in [3.8, 4) is 0 Å². The normalized spacial score (nSPS) is 20.2. The standard InChI is InChI=1S/C13H16Cl2N2O/c14-9-4-5-12(15)11(7-9)13(18)17-10-3-1-2-6-16-8-10/h4-5,7,10,16H,1-3,6,8H2,(H,17,18). The van der Waals surface area contributed by atoms with Crippen LogP contribution in [0.25, 0.3) is 0 Å². The summed E-state index contributed by atoms with van der Waals surface area (Å²) in [6.45, 7) is 1.83. The van der Waals surface area contributed by atoms with E-state index in [1.807, 2.05) is 0 Å². The van der Waals surface area contributed by atoms with Crippen molar-refractivity contribution >= 4 is 29.1 Å². The third-order valence-corrected chi connectivity index (χ3v) is 3.62. The van der Waals surface area contributed by atoms with Crippen molar-refractivity contribution in [1.29, 1.82) is 0 Å². The van der Waals surface area contributed by atoms with Gasteiger partial charge in [-0.3, -0.25) is 4.79 Å². The van der Waals surface area contributed by atoms with E-state index >= 15 is 0 Å². The summed E-state index contributed by atoms with van der Waals surface area (Å²) in [7, 11) is 0. The quantitative estimate of drug-likeness (QED) is 0.878. The minimum Gasteiger partial charge on any atom is -0.348 e. The smallest absolute Gasteiger partial charge is 0.253 e. The summed E-state index contributed by atoms with van der Waals surface area (Å²) in [4.78, 5) is 12.1. The number of amides is 1. The second-order valence-electron chi connectivity index (χ2n) is 4.49. The van der Waals surface area contributed by atoms with E-state index in [0.29, 0.717) is 15.6 Å². The fraction of sp³-hybridized carbons (Fsp3) is 0.462. The number of carbonyl (C=O) groups is 1. The molecule has 2 rings (SSSR count). The van der Waals surface area contributed by atoms with Gasteiger partial charge in [0.05, 0.1) is 10.6 Å². The first-order valence-corrected chi connectivity index (χ1v) is 6.89. The number of benzene rings is 1. The Morgan fingerprint density at radius 1 is 1.33 bits per heavy atom. The number of nitrogens with one attached hydrogen (secondary N) is 2. The van der Waals surface area contributed by atoms with Crippen molar-refractivity contribution in [2.24, 2.45) is 0 Å². The third-order valence-electron chi connectivity index (χ3n) is 3.06. The van der Waals surface area contributed by atoms with E-state index in [9.17, 15) is 4.79 Å². The second-order valence-corrected chi connectivity index (χ2v) is 5.34. The summed E-state index contributed by atoms with van der Waals surface area (Å²) in [5.74, 6) is -0.156. The maximum absolute atomic E-state index is 12.1. The summed E-state index contributed by atoms with van der Waals surface area (Å²) < 4.78 is 0. The fourth-order valence-corrected chi connectivity index (χ4v) is 2.45.